The van der Waals surface area contributed by atoms with E-state index in [4.69, 9.17) is 14.2 Å². The summed E-state index contributed by atoms with van der Waals surface area (Å²) in [6.07, 6.45) is 89.5. The Kier molecular flexibility index (Phi) is 70.5. The van der Waals surface area contributed by atoms with Crippen LogP contribution < -0.4 is 0 Å². The van der Waals surface area contributed by atoms with Crippen molar-refractivity contribution in [3.8, 4) is 0 Å². The molecule has 0 saturated carbocycles. The third-order valence-corrected chi connectivity index (χ3v) is 17.5. The highest BCUT2D eigenvalue weighted by atomic mass is 16.6. The minimum atomic E-state index is -0.767. The maximum Gasteiger partial charge on any atom is 0.306 e. The zero-order valence-corrected chi connectivity index (χ0v) is 56.5. The second-order valence-corrected chi connectivity index (χ2v) is 25.9. The first kappa shape index (κ1) is 80.9. The first-order valence-electron chi connectivity index (χ1n) is 37.8. The summed E-state index contributed by atoms with van der Waals surface area (Å²) in [7, 11) is 0. The summed E-state index contributed by atoms with van der Waals surface area (Å²) in [6.45, 7) is 6.72. The molecule has 490 valence electrons. The van der Waals surface area contributed by atoms with Gasteiger partial charge in [-0.1, -0.05) is 385 Å². The number of carbonyl (C=O) groups excluding carboxylic acids is 3. The minimum absolute atomic E-state index is 0.0636. The molecule has 0 spiro atoms. The number of hydrogen-bond acceptors (Lipinski definition) is 6. The topological polar surface area (TPSA) is 78.9 Å². The molecule has 0 N–H and O–H groups in total. The van der Waals surface area contributed by atoms with E-state index in [0.717, 1.165) is 64.2 Å². The van der Waals surface area contributed by atoms with Crippen LogP contribution in [0.15, 0.2) is 24.3 Å². The molecular weight excluding hydrogens is 1020 g/mol. The van der Waals surface area contributed by atoms with Gasteiger partial charge in [-0.25, -0.2) is 0 Å². The molecule has 83 heavy (non-hydrogen) atoms. The molecule has 1 atom stereocenters. The molecule has 0 aromatic rings. The Morgan fingerprint density at radius 1 is 0.241 bits per heavy atom. The highest BCUT2D eigenvalue weighted by Crippen LogP contribution is 2.19. The molecule has 0 amide bonds. The van der Waals surface area contributed by atoms with Crippen LogP contribution in [0, 0.1) is 0 Å². The molecule has 0 heterocycles. The van der Waals surface area contributed by atoms with Crippen LogP contribution in [0.5, 0.6) is 0 Å². The quantitative estimate of drug-likeness (QED) is 0.0261. The van der Waals surface area contributed by atoms with E-state index in [1.54, 1.807) is 0 Å². The summed E-state index contributed by atoms with van der Waals surface area (Å²) in [5, 5.41) is 0. The Balaban J connectivity index is 4.15. The zero-order valence-electron chi connectivity index (χ0n) is 56.5. The smallest absolute Gasteiger partial charge is 0.306 e. The number of carbonyl (C=O) groups is 3. The van der Waals surface area contributed by atoms with E-state index < -0.39 is 6.10 Å². The van der Waals surface area contributed by atoms with Crippen LogP contribution in [-0.2, 0) is 28.6 Å². The van der Waals surface area contributed by atoms with Gasteiger partial charge in [-0.15, -0.1) is 0 Å². The van der Waals surface area contributed by atoms with Gasteiger partial charge in [0.25, 0.3) is 0 Å². The molecule has 0 aromatic heterocycles. The van der Waals surface area contributed by atoms with Crippen molar-refractivity contribution < 1.29 is 28.6 Å². The summed E-state index contributed by atoms with van der Waals surface area (Å²) in [5.74, 6) is -0.828. The lowest BCUT2D eigenvalue weighted by Crippen LogP contribution is -2.30. The lowest BCUT2D eigenvalue weighted by atomic mass is 10.0. The minimum Gasteiger partial charge on any atom is -0.462 e. The van der Waals surface area contributed by atoms with Gasteiger partial charge < -0.3 is 14.2 Å². The van der Waals surface area contributed by atoms with Crippen molar-refractivity contribution >= 4 is 17.9 Å². The van der Waals surface area contributed by atoms with E-state index in [-0.39, 0.29) is 31.1 Å². The molecular formula is C77H146O6. The van der Waals surface area contributed by atoms with Crippen molar-refractivity contribution in [3.63, 3.8) is 0 Å². The highest BCUT2D eigenvalue weighted by Gasteiger charge is 2.20. The van der Waals surface area contributed by atoms with Crippen LogP contribution in [0.1, 0.15) is 432 Å². The average Bonchev–Trinajstić information content (AvgIpc) is 3.49. The highest BCUT2D eigenvalue weighted by molar-refractivity contribution is 5.71. The van der Waals surface area contributed by atoms with Gasteiger partial charge in [-0.05, 0) is 51.4 Å². The van der Waals surface area contributed by atoms with Crippen molar-refractivity contribution in [3.05, 3.63) is 24.3 Å². The average molecular weight is 1170 g/mol. The number of ether oxygens (including phenoxy) is 3. The zero-order chi connectivity index (χ0) is 59.9. The first-order chi connectivity index (χ1) is 41.0. The maximum absolute atomic E-state index is 13.0. The van der Waals surface area contributed by atoms with Gasteiger partial charge in [0.2, 0.25) is 0 Å². The maximum atomic E-state index is 13.0. The van der Waals surface area contributed by atoms with Crippen LogP contribution in [-0.4, -0.2) is 37.2 Å². The molecule has 0 bridgehead atoms. The SMILES string of the molecule is CCCCCCC/C=C\C/C=C\CCCCCCCCCCCCCCCCCC(=O)OCC(COC(=O)CCCCCCCCCCCCCC)OC(=O)CCCCCCCCCCCCCCCCCCCCCCCCCCCC. The van der Waals surface area contributed by atoms with Gasteiger partial charge >= 0.3 is 17.9 Å². The number of esters is 3. The van der Waals surface area contributed by atoms with Crippen LogP contribution in [0.2, 0.25) is 0 Å². The molecule has 6 heteroatoms. The molecule has 0 aromatic carbocycles. The third-order valence-electron chi connectivity index (χ3n) is 17.5. The predicted octanol–water partition coefficient (Wildman–Crippen LogP) is 26.1. The van der Waals surface area contributed by atoms with Crippen LogP contribution >= 0.6 is 0 Å². The fraction of sp³-hybridized carbons (Fsp3) is 0.909. The van der Waals surface area contributed by atoms with Crippen molar-refractivity contribution in [1.29, 1.82) is 0 Å². The van der Waals surface area contributed by atoms with E-state index >= 15 is 0 Å². The standard InChI is InChI=1S/C77H146O6/c1-4-7-10-13-16-19-22-25-27-29-31-33-35-37-39-41-42-44-46-48-50-52-55-58-61-64-67-70-76(79)82-73-74(72-81-75(78)69-66-63-60-57-54-24-21-18-15-12-9-6-3)83-77(80)71-68-65-62-59-56-53-51-49-47-45-43-40-38-36-34-32-30-28-26-23-20-17-14-11-8-5-2/h22,25,29,31,74H,4-21,23-24,26-28,30,32-73H2,1-3H3/b25-22-,31-29-. The van der Waals surface area contributed by atoms with E-state index in [2.05, 4.69) is 45.1 Å². The Morgan fingerprint density at radius 3 is 0.663 bits per heavy atom. The Labute approximate surface area is 519 Å². The molecule has 0 fully saturated rings. The van der Waals surface area contributed by atoms with E-state index in [1.807, 2.05) is 0 Å². The largest absolute Gasteiger partial charge is 0.462 e. The van der Waals surface area contributed by atoms with Crippen molar-refractivity contribution in [2.24, 2.45) is 0 Å². The molecule has 1 unspecified atom stereocenters. The number of allylic oxidation sites excluding steroid dienone is 4. The van der Waals surface area contributed by atoms with Crippen molar-refractivity contribution in [1.82, 2.24) is 0 Å². The fourth-order valence-electron chi connectivity index (χ4n) is 11.8. The molecule has 0 aliphatic carbocycles. The van der Waals surface area contributed by atoms with E-state index in [0.29, 0.717) is 19.3 Å². The normalized spacial score (nSPS) is 12.1. The van der Waals surface area contributed by atoms with Gasteiger partial charge in [0.05, 0.1) is 0 Å². The first-order valence-corrected chi connectivity index (χ1v) is 37.8. The lowest BCUT2D eigenvalue weighted by molar-refractivity contribution is -0.167. The van der Waals surface area contributed by atoms with E-state index in [1.165, 1.54) is 327 Å². The van der Waals surface area contributed by atoms with Crippen LogP contribution in [0.4, 0.5) is 0 Å². The molecule has 0 aliphatic rings. The number of unbranched alkanes of at least 4 members (excludes halogenated alkanes) is 56. The van der Waals surface area contributed by atoms with Gasteiger partial charge in [-0.3, -0.25) is 14.4 Å². The van der Waals surface area contributed by atoms with Gasteiger partial charge in [0, 0.05) is 19.3 Å². The summed E-state index contributed by atoms with van der Waals surface area (Å²) in [4.78, 5) is 38.5. The van der Waals surface area contributed by atoms with Gasteiger partial charge in [0.15, 0.2) is 6.10 Å². The summed E-state index contributed by atoms with van der Waals surface area (Å²) in [6, 6.07) is 0. The van der Waals surface area contributed by atoms with Gasteiger partial charge in [0.1, 0.15) is 13.2 Å². The third kappa shape index (κ3) is 70.5. The van der Waals surface area contributed by atoms with Crippen LogP contribution in [0.3, 0.4) is 0 Å². The summed E-state index contributed by atoms with van der Waals surface area (Å²) in [5.41, 5.74) is 0. The summed E-state index contributed by atoms with van der Waals surface area (Å²) >= 11 is 0. The Bertz CT molecular complexity index is 1340. The van der Waals surface area contributed by atoms with Crippen molar-refractivity contribution in [2.75, 3.05) is 13.2 Å². The number of hydrogen-bond donors (Lipinski definition) is 0. The molecule has 0 aliphatic heterocycles. The van der Waals surface area contributed by atoms with Crippen LogP contribution in [0.25, 0.3) is 0 Å². The Hall–Kier alpha value is -2.11. The molecule has 6 nitrogen and oxygen atoms in total. The van der Waals surface area contributed by atoms with E-state index in [9.17, 15) is 14.4 Å². The lowest BCUT2D eigenvalue weighted by Gasteiger charge is -2.18. The summed E-state index contributed by atoms with van der Waals surface area (Å²) < 4.78 is 17.0. The molecule has 0 radical (unpaired) electrons. The number of rotatable bonds is 71. The predicted molar refractivity (Wildman–Crippen MR) is 363 cm³/mol. The Morgan fingerprint density at radius 2 is 0.434 bits per heavy atom. The van der Waals surface area contributed by atoms with Crippen molar-refractivity contribution in [2.45, 2.75) is 438 Å². The molecule has 0 saturated heterocycles. The second-order valence-electron chi connectivity index (χ2n) is 25.9. The monoisotopic (exact) mass is 1170 g/mol. The fourth-order valence-corrected chi connectivity index (χ4v) is 11.8. The second kappa shape index (κ2) is 72.4. The molecule has 0 rings (SSSR count). The van der Waals surface area contributed by atoms with Gasteiger partial charge in [-0.2, -0.15) is 0 Å².